The van der Waals surface area contributed by atoms with Gasteiger partial charge in [-0.1, -0.05) is 38.1 Å². The summed E-state index contributed by atoms with van der Waals surface area (Å²) in [6.07, 6.45) is -24.4. The van der Waals surface area contributed by atoms with Crippen LogP contribution in [0.5, 0.6) is 0 Å². The van der Waals surface area contributed by atoms with Crippen molar-refractivity contribution in [2.45, 2.75) is 88.4 Å². The summed E-state index contributed by atoms with van der Waals surface area (Å²) in [5, 5.41) is 0. The Morgan fingerprint density at radius 1 is 0.400 bits per heavy atom. The first-order valence-corrected chi connectivity index (χ1v) is 21.4. The molecule has 0 bridgehead atoms. The Balaban J connectivity index is 1.49. The number of benzene rings is 4. The highest BCUT2D eigenvalue weighted by molar-refractivity contribution is 7.98. The van der Waals surface area contributed by atoms with Crippen LogP contribution in [0.2, 0.25) is 0 Å². The number of fused-ring (bicyclic) bond motifs is 8. The Kier molecular flexibility index (Phi) is 9.39. The number of hydrogen-bond donors (Lipinski definition) is 0. The van der Waals surface area contributed by atoms with Gasteiger partial charge in [-0.25, -0.2) is 16.8 Å². The molecule has 4 aromatic carbocycles. The molecule has 1 saturated carbocycles. The van der Waals surface area contributed by atoms with Crippen LogP contribution >= 0.6 is 0 Å². The third-order valence-electron chi connectivity index (χ3n) is 12.5. The van der Waals surface area contributed by atoms with Gasteiger partial charge in [-0.2, -0.15) is 79.0 Å². The number of alkyl halides is 18. The molecule has 2 atom stereocenters. The third-order valence-corrected chi connectivity index (χ3v) is 17.9. The molecule has 4 aliphatic rings. The van der Waals surface area contributed by atoms with E-state index in [1.807, 2.05) is 0 Å². The molecule has 65 heavy (non-hydrogen) atoms. The van der Waals surface area contributed by atoms with Gasteiger partial charge in [0.25, 0.3) is 0 Å². The summed E-state index contributed by atoms with van der Waals surface area (Å²) >= 11 is 0. The molecule has 1 fully saturated rings. The lowest BCUT2D eigenvalue weighted by Gasteiger charge is -2.49. The maximum atomic E-state index is 16.4. The molecule has 0 N–H and O–H groups in total. The smallest absolute Gasteiger partial charge is 0.223 e. The highest BCUT2D eigenvalue weighted by Crippen LogP contribution is 2.77. The fourth-order valence-corrected chi connectivity index (χ4v) is 15.8. The van der Waals surface area contributed by atoms with Crippen LogP contribution in [0.3, 0.4) is 0 Å². The van der Waals surface area contributed by atoms with Crippen LogP contribution in [0.25, 0.3) is 33.4 Å². The molecule has 8 rings (SSSR count). The maximum Gasteiger partial charge on any atom is 0.416 e. The fraction of sp³-hybridized carbons (Fsp3) is 0.317. The van der Waals surface area contributed by atoms with Crippen LogP contribution in [0.4, 0.5) is 79.0 Å². The van der Waals surface area contributed by atoms with E-state index in [0.29, 0.717) is 36.4 Å². The first-order valence-electron chi connectivity index (χ1n) is 18.4. The lowest BCUT2D eigenvalue weighted by molar-refractivity contribution is -0.257. The van der Waals surface area contributed by atoms with Crippen molar-refractivity contribution in [3.8, 4) is 22.3 Å². The lowest BCUT2D eigenvalue weighted by Crippen LogP contribution is -2.62. The van der Waals surface area contributed by atoms with Crippen molar-refractivity contribution in [3.05, 3.63) is 117 Å². The number of rotatable bonds is 4. The molecule has 0 radical (unpaired) electrons. The van der Waals surface area contributed by atoms with Crippen LogP contribution in [0.15, 0.2) is 93.7 Å². The molecule has 2 heterocycles. The van der Waals surface area contributed by atoms with Crippen LogP contribution in [-0.4, -0.2) is 44.1 Å². The first-order chi connectivity index (χ1) is 29.4. The Hall–Kier alpha value is -5.00. The monoisotopic (exact) mass is 984 g/mol. The lowest BCUT2D eigenvalue weighted by atomic mass is 9.65. The van der Waals surface area contributed by atoms with Gasteiger partial charge in [-0.3, -0.25) is 0 Å². The highest BCUT2D eigenvalue weighted by Gasteiger charge is 2.88. The molecule has 2 unspecified atom stereocenters. The topological polar surface area (TPSA) is 68.3 Å². The van der Waals surface area contributed by atoms with Crippen LogP contribution in [-0.2, 0) is 44.4 Å². The summed E-state index contributed by atoms with van der Waals surface area (Å²) in [5.41, 5.74) is -21.6. The van der Waals surface area contributed by atoms with E-state index in [2.05, 4.69) is 0 Å². The Bertz CT molecular complexity index is 2810. The average Bonchev–Trinajstić information content (AvgIpc) is 3.57. The second kappa shape index (κ2) is 13.1. The maximum absolute atomic E-state index is 16.4. The summed E-state index contributed by atoms with van der Waals surface area (Å²) in [7, 11) is -11.8. The van der Waals surface area contributed by atoms with Gasteiger partial charge in [0.2, 0.25) is 0 Å². The summed E-state index contributed by atoms with van der Waals surface area (Å²) in [5.74, 6) is -18.6. The van der Waals surface area contributed by atoms with Gasteiger partial charge in [0, 0.05) is 11.1 Å². The number of hydrogen-bond acceptors (Lipinski definition) is 4. The van der Waals surface area contributed by atoms with Crippen molar-refractivity contribution < 1.29 is 95.9 Å². The molecule has 0 amide bonds. The standard InChI is InChI=1S/C41H22F18O4S2/c1-3-33-29(25-7-5-17(13-27(25)64(33,60)61)19-9-21(37(46,47)48)15-22(10-19)38(49,50)51)31-32(36(44,45)41(58,59)35(31,42)43)30-26-8-6-18(14-28(26)65(62,63)34(30,33)4-2)20-11-23(39(52,53)54)16-24(12-20)40(55,56)57/h5-16H,3-4H2,1-2H3. The van der Waals surface area contributed by atoms with E-state index >= 15 is 43.2 Å². The molecule has 2 aliphatic carbocycles. The number of halogens is 18. The van der Waals surface area contributed by atoms with E-state index in [9.17, 15) is 52.7 Å². The van der Waals surface area contributed by atoms with Crippen molar-refractivity contribution in [2.75, 3.05) is 0 Å². The van der Waals surface area contributed by atoms with E-state index in [-0.39, 0.29) is 36.4 Å². The molecule has 0 spiro atoms. The fourth-order valence-electron chi connectivity index (χ4n) is 9.79. The minimum absolute atomic E-state index is 0.137. The second-order valence-electron chi connectivity index (χ2n) is 15.6. The van der Waals surface area contributed by atoms with E-state index < -0.39 is 172 Å². The zero-order valence-corrected chi connectivity index (χ0v) is 33.7. The molecule has 4 aromatic rings. The first kappa shape index (κ1) is 46.5. The van der Waals surface area contributed by atoms with Gasteiger partial charge >= 0.3 is 42.5 Å². The van der Waals surface area contributed by atoms with Crippen molar-refractivity contribution >= 4 is 30.8 Å². The van der Waals surface area contributed by atoms with Crippen molar-refractivity contribution in [3.63, 3.8) is 0 Å². The quantitative estimate of drug-likeness (QED) is 0.191. The zero-order valence-electron chi connectivity index (χ0n) is 32.1. The minimum Gasteiger partial charge on any atom is -0.223 e. The van der Waals surface area contributed by atoms with Crippen LogP contribution < -0.4 is 0 Å². The number of allylic oxidation sites excluding steroid dienone is 2. The molecule has 0 saturated heterocycles. The molecular weight excluding hydrogens is 963 g/mol. The predicted octanol–water partition coefficient (Wildman–Crippen LogP) is 13.1. The molecule has 2 aliphatic heterocycles. The Morgan fingerprint density at radius 2 is 0.677 bits per heavy atom. The van der Waals surface area contributed by atoms with Gasteiger partial charge < -0.3 is 0 Å². The Morgan fingerprint density at radius 3 is 0.923 bits per heavy atom. The van der Waals surface area contributed by atoms with Gasteiger partial charge in [-0.15, -0.1) is 0 Å². The van der Waals surface area contributed by atoms with Crippen LogP contribution in [0, 0.1) is 0 Å². The summed E-state index contributed by atoms with van der Waals surface area (Å²) in [4.78, 5) is -2.72. The van der Waals surface area contributed by atoms with Gasteiger partial charge in [0.15, 0.2) is 19.7 Å². The van der Waals surface area contributed by atoms with E-state index in [1.54, 1.807) is 0 Å². The molecule has 24 heteroatoms. The van der Waals surface area contributed by atoms with Gasteiger partial charge in [0.1, 0.15) is 9.49 Å². The molecule has 348 valence electrons. The largest absolute Gasteiger partial charge is 0.416 e. The summed E-state index contributed by atoms with van der Waals surface area (Å²) in [6, 6.07) is 2.68. The van der Waals surface area contributed by atoms with Crippen molar-refractivity contribution in [1.82, 2.24) is 0 Å². The summed E-state index contributed by atoms with van der Waals surface area (Å²) < 4.78 is 318. The molecule has 4 nitrogen and oxygen atoms in total. The SMILES string of the molecule is CCC12C(=C3C(=C4c5ccc(-c6cc(C(F)(F)F)cc(C(F)(F)F)c6)cc5S(=O)(=O)C41CC)C(F)(F)C(F)(F)C3(F)F)c1ccc(-c3cc(C(F)(F)F)cc(C(F)(F)F)c3)cc1S2(=O)=O. The summed E-state index contributed by atoms with van der Waals surface area (Å²) in [6.45, 7) is 1.67. The molecular formula is C41H22F18O4S2. The van der Waals surface area contributed by atoms with Crippen LogP contribution in [0.1, 0.15) is 60.1 Å². The predicted molar refractivity (Wildman–Crippen MR) is 193 cm³/mol. The second-order valence-corrected chi connectivity index (χ2v) is 19.9. The normalized spacial score (nSPS) is 24.7. The average molecular weight is 985 g/mol. The molecule has 0 aromatic heterocycles. The minimum atomic E-state index is -6.48. The van der Waals surface area contributed by atoms with Gasteiger partial charge in [-0.05, 0) is 106 Å². The van der Waals surface area contributed by atoms with E-state index in [4.69, 9.17) is 0 Å². The third kappa shape index (κ3) is 5.66. The zero-order chi connectivity index (χ0) is 48.6. The van der Waals surface area contributed by atoms with Crippen molar-refractivity contribution in [2.24, 2.45) is 0 Å². The van der Waals surface area contributed by atoms with E-state index in [0.717, 1.165) is 13.8 Å². The van der Waals surface area contributed by atoms with Crippen molar-refractivity contribution in [1.29, 1.82) is 0 Å². The van der Waals surface area contributed by atoms with Gasteiger partial charge in [0.05, 0.1) is 32.0 Å². The Labute approximate surface area is 354 Å². The highest BCUT2D eigenvalue weighted by atomic mass is 32.2. The van der Waals surface area contributed by atoms with E-state index in [1.165, 1.54) is 0 Å². The number of sulfone groups is 2.